The number of nitrogens with zero attached hydrogens (tertiary/aromatic N) is 2. The van der Waals surface area contributed by atoms with Gasteiger partial charge in [-0.3, -0.25) is 5.84 Å². The number of nitrogens with two attached hydrogens (primary N) is 1. The highest BCUT2D eigenvalue weighted by atomic mass is 32.2. The van der Waals surface area contributed by atoms with Crippen LogP contribution in [0.3, 0.4) is 0 Å². The Morgan fingerprint density at radius 3 is 2.57 bits per heavy atom. The maximum Gasteiger partial charge on any atom is 0.245 e. The number of hydrazine groups is 1. The van der Waals surface area contributed by atoms with Crippen LogP contribution in [0.2, 0.25) is 0 Å². The van der Waals surface area contributed by atoms with Crippen LogP contribution in [0.1, 0.15) is 11.1 Å². The van der Waals surface area contributed by atoms with E-state index in [9.17, 15) is 12.8 Å². The van der Waals surface area contributed by atoms with Gasteiger partial charge in [-0.2, -0.15) is 9.57 Å². The average Bonchev–Trinajstić information content (AvgIpc) is 2.71. The van der Waals surface area contributed by atoms with Crippen molar-refractivity contribution < 1.29 is 22.3 Å². The number of halogens is 1. The van der Waals surface area contributed by atoms with Crippen molar-refractivity contribution in [3.63, 3.8) is 0 Å². The average molecular weight is 426 g/mol. The van der Waals surface area contributed by atoms with E-state index in [4.69, 9.17) is 20.6 Å². The second kappa shape index (κ2) is 9.22. The Morgan fingerprint density at radius 1 is 1.29 bits per heavy atom. The minimum absolute atomic E-state index is 0.160. The standard InChI is InChI=1S/C17H19FN4O4S2/c1-25-13-4-3-11(16(8-13)26-2)10-22(17(27)21-20)28(23,24)14-5-6-15(18)12(7-14)9-19/h3-8,17,21,27H,10,20H2,1-2H3. The molecule has 0 amide bonds. The van der Waals surface area contributed by atoms with E-state index < -0.39 is 21.3 Å². The molecule has 0 saturated heterocycles. The molecular weight excluding hydrogens is 407 g/mol. The SMILES string of the molecule is COc1ccc(CN(C(S)NN)S(=O)(=O)c2ccc(F)c(C#N)c2)c(OC)c1. The Morgan fingerprint density at radius 2 is 2.00 bits per heavy atom. The number of nitrogens with one attached hydrogen (secondary N) is 1. The van der Waals surface area contributed by atoms with E-state index in [1.165, 1.54) is 14.2 Å². The summed E-state index contributed by atoms with van der Waals surface area (Å²) in [4.78, 5) is -0.271. The van der Waals surface area contributed by atoms with Gasteiger partial charge in [0.05, 0.1) is 24.7 Å². The molecule has 8 nitrogen and oxygen atoms in total. The van der Waals surface area contributed by atoms with Crippen molar-refractivity contribution in [3.05, 3.63) is 53.3 Å². The van der Waals surface area contributed by atoms with Crippen LogP contribution >= 0.6 is 12.6 Å². The molecule has 28 heavy (non-hydrogen) atoms. The molecule has 0 aliphatic carbocycles. The monoisotopic (exact) mass is 426 g/mol. The fourth-order valence-electron chi connectivity index (χ4n) is 2.42. The first-order valence-corrected chi connectivity index (χ1v) is 9.80. The molecule has 1 unspecified atom stereocenters. The van der Waals surface area contributed by atoms with Crippen LogP contribution in [0.4, 0.5) is 4.39 Å². The van der Waals surface area contributed by atoms with Gasteiger partial charge in [-0.1, -0.05) is 6.07 Å². The van der Waals surface area contributed by atoms with Crippen molar-refractivity contribution in [2.45, 2.75) is 16.9 Å². The Hall–Kier alpha value is -2.36. The molecule has 0 fully saturated rings. The summed E-state index contributed by atoms with van der Waals surface area (Å²) in [5.74, 6) is 5.52. The number of benzene rings is 2. The first-order valence-electron chi connectivity index (χ1n) is 7.85. The smallest absolute Gasteiger partial charge is 0.245 e. The lowest BCUT2D eigenvalue weighted by Crippen LogP contribution is -2.47. The van der Waals surface area contributed by atoms with E-state index >= 15 is 0 Å². The first-order chi connectivity index (χ1) is 13.3. The number of hydrogen-bond acceptors (Lipinski definition) is 8. The second-order valence-corrected chi connectivity index (χ2v) is 7.90. The molecule has 0 aliphatic rings. The van der Waals surface area contributed by atoms with E-state index in [1.54, 1.807) is 24.3 Å². The lowest BCUT2D eigenvalue weighted by Gasteiger charge is -2.27. The van der Waals surface area contributed by atoms with E-state index in [2.05, 4.69) is 18.1 Å². The Bertz CT molecular complexity index is 995. The van der Waals surface area contributed by atoms with Crippen LogP contribution in [0.5, 0.6) is 11.5 Å². The summed E-state index contributed by atoms with van der Waals surface area (Å²) in [6.07, 6.45) is 0. The number of ether oxygens (including phenoxy) is 2. The van der Waals surface area contributed by atoms with Crippen molar-refractivity contribution in [3.8, 4) is 17.6 Å². The van der Waals surface area contributed by atoms with E-state index in [1.807, 2.05) is 0 Å². The first kappa shape index (κ1) is 21.9. The Kier molecular flexibility index (Phi) is 7.22. The third kappa shape index (κ3) is 4.54. The summed E-state index contributed by atoms with van der Waals surface area (Å²) in [5.41, 5.74) is 1.29. The van der Waals surface area contributed by atoms with Crippen molar-refractivity contribution in [1.29, 1.82) is 5.26 Å². The molecule has 0 heterocycles. The van der Waals surface area contributed by atoms with Gasteiger partial charge in [0.25, 0.3) is 0 Å². The molecule has 0 radical (unpaired) electrons. The lowest BCUT2D eigenvalue weighted by atomic mass is 10.2. The van der Waals surface area contributed by atoms with E-state index in [0.717, 1.165) is 22.5 Å². The Labute approximate surface area is 168 Å². The highest BCUT2D eigenvalue weighted by Gasteiger charge is 2.31. The predicted octanol–water partition coefficient (Wildman–Crippen LogP) is 1.58. The molecule has 2 aromatic rings. The topological polar surface area (TPSA) is 118 Å². The fourth-order valence-corrected chi connectivity index (χ4v) is 4.29. The molecule has 0 aliphatic heterocycles. The zero-order chi connectivity index (χ0) is 20.9. The molecule has 2 rings (SSSR count). The molecule has 0 saturated carbocycles. The van der Waals surface area contributed by atoms with Crippen molar-refractivity contribution in [2.24, 2.45) is 5.84 Å². The van der Waals surface area contributed by atoms with Crippen molar-refractivity contribution >= 4 is 22.7 Å². The number of methoxy groups -OCH3 is 2. The summed E-state index contributed by atoms with van der Waals surface area (Å²) in [6, 6.07) is 9.46. The number of hydrogen-bond donors (Lipinski definition) is 3. The lowest BCUT2D eigenvalue weighted by molar-refractivity contribution is 0.340. The zero-order valence-corrected chi connectivity index (χ0v) is 16.8. The number of rotatable bonds is 8. The maximum atomic E-state index is 13.6. The van der Waals surface area contributed by atoms with Gasteiger partial charge in [0.2, 0.25) is 10.0 Å². The van der Waals surface area contributed by atoms with E-state index in [-0.39, 0.29) is 17.0 Å². The Balaban J connectivity index is 2.51. The predicted molar refractivity (Wildman–Crippen MR) is 103 cm³/mol. The molecule has 0 aromatic heterocycles. The van der Waals surface area contributed by atoms with Crippen LogP contribution in [0, 0.1) is 17.1 Å². The number of nitriles is 1. The highest BCUT2D eigenvalue weighted by Crippen LogP contribution is 2.29. The van der Waals surface area contributed by atoms with Gasteiger partial charge in [0.1, 0.15) is 28.9 Å². The summed E-state index contributed by atoms with van der Waals surface area (Å²) < 4.78 is 51.2. The third-order valence-electron chi connectivity index (χ3n) is 3.91. The summed E-state index contributed by atoms with van der Waals surface area (Å²) in [7, 11) is -1.26. The molecule has 0 bridgehead atoms. The summed E-state index contributed by atoms with van der Waals surface area (Å²) >= 11 is 4.18. The summed E-state index contributed by atoms with van der Waals surface area (Å²) in [5, 5.41) is 8.98. The van der Waals surface area contributed by atoms with E-state index in [0.29, 0.717) is 17.1 Å². The van der Waals surface area contributed by atoms with Crippen LogP contribution in [0.25, 0.3) is 0 Å². The normalized spacial score (nSPS) is 12.5. The fraction of sp³-hybridized carbons (Fsp3) is 0.235. The largest absolute Gasteiger partial charge is 0.497 e. The van der Waals surface area contributed by atoms with Crippen LogP contribution < -0.4 is 20.7 Å². The minimum Gasteiger partial charge on any atom is -0.497 e. The molecule has 3 N–H and O–H groups in total. The molecule has 11 heteroatoms. The van der Waals surface area contributed by atoms with Crippen molar-refractivity contribution in [2.75, 3.05) is 14.2 Å². The quantitative estimate of drug-likeness (QED) is 0.254. The van der Waals surface area contributed by atoms with Gasteiger partial charge in [-0.15, -0.1) is 12.6 Å². The highest BCUT2D eigenvalue weighted by molar-refractivity contribution is 7.90. The molecule has 1 atom stereocenters. The van der Waals surface area contributed by atoms with Gasteiger partial charge in [-0.05, 0) is 24.3 Å². The maximum absolute atomic E-state index is 13.6. The molecule has 150 valence electrons. The van der Waals surface area contributed by atoms with Gasteiger partial charge < -0.3 is 9.47 Å². The third-order valence-corrected chi connectivity index (χ3v) is 6.30. The molecular formula is C17H19FN4O4S2. The van der Waals surface area contributed by atoms with Crippen LogP contribution in [0.15, 0.2) is 41.3 Å². The minimum atomic E-state index is -4.19. The molecule has 2 aromatic carbocycles. The summed E-state index contributed by atoms with van der Waals surface area (Å²) in [6.45, 7) is -0.160. The number of sulfonamides is 1. The second-order valence-electron chi connectivity index (χ2n) is 5.52. The van der Waals surface area contributed by atoms with Gasteiger partial charge in [0, 0.05) is 18.2 Å². The zero-order valence-electron chi connectivity index (χ0n) is 15.1. The van der Waals surface area contributed by atoms with Gasteiger partial charge in [0.15, 0.2) is 0 Å². The number of thiol groups is 1. The van der Waals surface area contributed by atoms with Crippen LogP contribution in [-0.4, -0.2) is 32.4 Å². The van der Waals surface area contributed by atoms with Gasteiger partial charge >= 0.3 is 0 Å². The van der Waals surface area contributed by atoms with Crippen LogP contribution in [-0.2, 0) is 16.6 Å². The van der Waals surface area contributed by atoms with Gasteiger partial charge in [-0.25, -0.2) is 18.2 Å². The van der Waals surface area contributed by atoms with Crippen molar-refractivity contribution in [1.82, 2.24) is 9.73 Å². The molecule has 0 spiro atoms.